The lowest BCUT2D eigenvalue weighted by atomic mass is 9.86. The van der Waals surface area contributed by atoms with Crippen LogP contribution in [-0.2, 0) is 17.8 Å². The summed E-state index contributed by atoms with van der Waals surface area (Å²) in [5, 5.41) is 10.4. The van der Waals surface area contributed by atoms with Gasteiger partial charge in [0.1, 0.15) is 17.5 Å². The van der Waals surface area contributed by atoms with Gasteiger partial charge in [0.05, 0.1) is 12.5 Å². The van der Waals surface area contributed by atoms with Crippen molar-refractivity contribution >= 4 is 5.91 Å². The van der Waals surface area contributed by atoms with E-state index in [1.54, 1.807) is 0 Å². The van der Waals surface area contributed by atoms with Crippen LogP contribution in [0.5, 0.6) is 5.75 Å². The van der Waals surface area contributed by atoms with E-state index in [1.165, 1.54) is 5.56 Å². The molecular formula is C24H31N3O3. The van der Waals surface area contributed by atoms with Gasteiger partial charge in [-0.1, -0.05) is 36.4 Å². The molecule has 30 heavy (non-hydrogen) atoms. The Hall–Kier alpha value is -2.41. The number of nitrogens with two attached hydrogens (primary N) is 1. The van der Waals surface area contributed by atoms with Crippen molar-refractivity contribution in [1.29, 1.82) is 0 Å². The maximum atomic E-state index is 12.8. The third-order valence-electron chi connectivity index (χ3n) is 6.19. The fourth-order valence-corrected chi connectivity index (χ4v) is 4.29. The van der Waals surface area contributed by atoms with Gasteiger partial charge in [0.25, 0.3) is 0 Å². The molecule has 0 aromatic heterocycles. The first-order valence-electron chi connectivity index (χ1n) is 10.6. The zero-order valence-electron chi connectivity index (χ0n) is 17.8. The number of nitrogens with zero attached hydrogens (tertiary/aromatic N) is 2. The molecule has 0 spiro atoms. The van der Waals surface area contributed by atoms with Gasteiger partial charge < -0.3 is 20.5 Å². The summed E-state index contributed by atoms with van der Waals surface area (Å²) in [6.07, 6.45) is -0.466. The molecule has 160 valence electrons. The predicted molar refractivity (Wildman–Crippen MR) is 116 cm³/mol. The van der Waals surface area contributed by atoms with Gasteiger partial charge in [-0.2, -0.15) is 0 Å². The first-order valence-corrected chi connectivity index (χ1v) is 10.6. The van der Waals surface area contributed by atoms with E-state index in [0.717, 1.165) is 43.9 Å². The third-order valence-corrected chi connectivity index (χ3v) is 6.19. The zero-order chi connectivity index (χ0) is 21.3. The molecule has 3 N–H and O–H groups in total. The predicted octanol–water partition coefficient (Wildman–Crippen LogP) is 2.11. The van der Waals surface area contributed by atoms with E-state index in [4.69, 9.17) is 10.5 Å². The zero-order valence-corrected chi connectivity index (χ0v) is 17.8. The fraction of sp³-hybridized carbons (Fsp3) is 0.458. The first kappa shape index (κ1) is 20.8. The lowest BCUT2D eigenvalue weighted by Crippen LogP contribution is -2.51. The summed E-state index contributed by atoms with van der Waals surface area (Å²) >= 11 is 0. The number of piperazine rings is 1. The molecule has 6 heteroatoms. The van der Waals surface area contributed by atoms with Crippen LogP contribution in [0, 0.1) is 0 Å². The quantitative estimate of drug-likeness (QED) is 0.809. The summed E-state index contributed by atoms with van der Waals surface area (Å²) in [4.78, 5) is 17.2. The molecule has 2 atom stereocenters. The Balaban J connectivity index is 1.35. The second kappa shape index (κ2) is 8.38. The Morgan fingerprint density at radius 2 is 1.80 bits per heavy atom. The van der Waals surface area contributed by atoms with Gasteiger partial charge >= 0.3 is 0 Å². The van der Waals surface area contributed by atoms with Gasteiger partial charge in [-0.15, -0.1) is 0 Å². The average molecular weight is 410 g/mol. The highest BCUT2D eigenvalue weighted by atomic mass is 16.5. The minimum atomic E-state index is -0.798. The minimum absolute atomic E-state index is 0.125. The maximum Gasteiger partial charge on any atom is 0.227 e. The number of aliphatic hydroxyl groups excluding tert-OH is 1. The van der Waals surface area contributed by atoms with Crippen molar-refractivity contribution in [2.75, 3.05) is 26.2 Å². The van der Waals surface area contributed by atoms with Crippen LogP contribution in [0.2, 0.25) is 0 Å². The van der Waals surface area contributed by atoms with Crippen LogP contribution in [0.4, 0.5) is 0 Å². The molecule has 1 fully saturated rings. The van der Waals surface area contributed by atoms with Gasteiger partial charge in [0.15, 0.2) is 0 Å². The van der Waals surface area contributed by atoms with Crippen LogP contribution < -0.4 is 10.5 Å². The molecule has 2 heterocycles. The SMILES string of the molecule is CC1(C)Oc2ccc(CC(=O)N3CCN(Cc4ccccc4)CC3)cc2C(N)C1O. The Bertz CT molecular complexity index is 892. The van der Waals surface area contributed by atoms with Crippen LogP contribution in [0.3, 0.4) is 0 Å². The van der Waals surface area contributed by atoms with Crippen molar-refractivity contribution in [3.05, 3.63) is 65.2 Å². The van der Waals surface area contributed by atoms with E-state index < -0.39 is 17.7 Å². The number of amides is 1. The average Bonchev–Trinajstić information content (AvgIpc) is 2.74. The molecule has 1 saturated heterocycles. The molecule has 0 aliphatic carbocycles. The maximum absolute atomic E-state index is 12.8. The Morgan fingerprint density at radius 1 is 1.10 bits per heavy atom. The van der Waals surface area contributed by atoms with E-state index >= 15 is 0 Å². The molecular weight excluding hydrogens is 378 g/mol. The number of aliphatic hydroxyl groups is 1. The molecule has 2 unspecified atom stereocenters. The summed E-state index contributed by atoms with van der Waals surface area (Å²) < 4.78 is 5.91. The van der Waals surface area contributed by atoms with Crippen LogP contribution in [0.15, 0.2) is 48.5 Å². The normalized spacial score (nSPS) is 23.5. The Morgan fingerprint density at radius 3 is 2.50 bits per heavy atom. The topological polar surface area (TPSA) is 79.0 Å². The number of carbonyl (C=O) groups is 1. The number of fused-ring (bicyclic) bond motifs is 1. The number of carbonyl (C=O) groups excluding carboxylic acids is 1. The molecule has 2 aromatic carbocycles. The van der Waals surface area contributed by atoms with E-state index in [1.807, 2.05) is 43.0 Å². The Kier molecular flexibility index (Phi) is 5.82. The van der Waals surface area contributed by atoms with Gasteiger partial charge in [0, 0.05) is 38.3 Å². The number of hydrogen-bond acceptors (Lipinski definition) is 5. The standard InChI is InChI=1S/C24H31N3O3/c1-24(2)23(29)22(25)19-14-18(8-9-20(19)30-24)15-21(28)27-12-10-26(11-13-27)16-17-6-4-3-5-7-17/h3-9,14,22-23,29H,10-13,15-16,25H2,1-2H3. The van der Waals surface area contributed by atoms with Crippen LogP contribution in [-0.4, -0.2) is 58.7 Å². The number of rotatable bonds is 4. The summed E-state index contributed by atoms with van der Waals surface area (Å²) in [5.41, 5.74) is 8.49. The van der Waals surface area contributed by atoms with E-state index in [-0.39, 0.29) is 5.91 Å². The largest absolute Gasteiger partial charge is 0.485 e. The number of benzene rings is 2. The molecule has 0 saturated carbocycles. The summed E-state index contributed by atoms with van der Waals surface area (Å²) in [6.45, 7) is 7.82. The highest BCUT2D eigenvalue weighted by Gasteiger charge is 2.41. The second-order valence-electron chi connectivity index (χ2n) is 8.87. The van der Waals surface area contributed by atoms with Crippen LogP contribution in [0.1, 0.15) is 36.6 Å². The van der Waals surface area contributed by atoms with Crippen molar-refractivity contribution in [2.45, 2.75) is 44.6 Å². The minimum Gasteiger partial charge on any atom is -0.485 e. The number of ether oxygens (including phenoxy) is 1. The molecule has 0 radical (unpaired) electrons. The van der Waals surface area contributed by atoms with E-state index in [9.17, 15) is 9.90 Å². The van der Waals surface area contributed by atoms with Crippen molar-refractivity contribution < 1.29 is 14.6 Å². The van der Waals surface area contributed by atoms with Crippen molar-refractivity contribution in [1.82, 2.24) is 9.80 Å². The molecule has 2 aliphatic rings. The molecule has 0 bridgehead atoms. The van der Waals surface area contributed by atoms with Crippen molar-refractivity contribution in [2.24, 2.45) is 5.73 Å². The van der Waals surface area contributed by atoms with E-state index in [0.29, 0.717) is 12.2 Å². The monoisotopic (exact) mass is 409 g/mol. The summed E-state index contributed by atoms with van der Waals surface area (Å²) in [5.74, 6) is 0.809. The number of hydrogen-bond donors (Lipinski definition) is 2. The Labute approximate surface area is 178 Å². The van der Waals surface area contributed by atoms with Gasteiger partial charge in [-0.05, 0) is 37.1 Å². The molecule has 4 rings (SSSR count). The van der Waals surface area contributed by atoms with Crippen molar-refractivity contribution in [3.8, 4) is 5.75 Å². The lowest BCUT2D eigenvalue weighted by Gasteiger charge is -2.40. The first-order chi connectivity index (χ1) is 14.3. The van der Waals surface area contributed by atoms with Crippen LogP contribution >= 0.6 is 0 Å². The molecule has 1 amide bonds. The van der Waals surface area contributed by atoms with Gasteiger partial charge in [-0.25, -0.2) is 0 Å². The highest BCUT2D eigenvalue weighted by Crippen LogP contribution is 2.39. The smallest absolute Gasteiger partial charge is 0.227 e. The van der Waals surface area contributed by atoms with Crippen molar-refractivity contribution in [3.63, 3.8) is 0 Å². The van der Waals surface area contributed by atoms with Gasteiger partial charge in [0.2, 0.25) is 5.91 Å². The summed E-state index contributed by atoms with van der Waals surface area (Å²) in [6, 6.07) is 15.6. The van der Waals surface area contributed by atoms with E-state index in [2.05, 4.69) is 29.2 Å². The molecule has 2 aliphatic heterocycles. The lowest BCUT2D eigenvalue weighted by molar-refractivity contribution is -0.132. The highest BCUT2D eigenvalue weighted by molar-refractivity contribution is 5.79. The fourth-order valence-electron chi connectivity index (χ4n) is 4.29. The summed E-state index contributed by atoms with van der Waals surface area (Å²) in [7, 11) is 0. The third kappa shape index (κ3) is 4.36. The van der Waals surface area contributed by atoms with Crippen LogP contribution in [0.25, 0.3) is 0 Å². The second-order valence-corrected chi connectivity index (χ2v) is 8.87. The molecule has 6 nitrogen and oxygen atoms in total. The van der Waals surface area contributed by atoms with Gasteiger partial charge in [-0.3, -0.25) is 9.69 Å². The molecule has 2 aromatic rings.